The van der Waals surface area contributed by atoms with E-state index in [1.54, 1.807) is 0 Å². The summed E-state index contributed by atoms with van der Waals surface area (Å²) in [7, 11) is -2.26. The van der Waals surface area contributed by atoms with Crippen LogP contribution < -0.4 is 21.6 Å². The van der Waals surface area contributed by atoms with Gasteiger partial charge in [0.05, 0.1) is 0 Å². The zero-order valence-electron chi connectivity index (χ0n) is 22.6. The molecule has 36 heavy (non-hydrogen) atoms. The summed E-state index contributed by atoms with van der Waals surface area (Å²) in [5.74, 6) is 0. The van der Waals surface area contributed by atoms with Crippen molar-refractivity contribution in [2.24, 2.45) is 11.1 Å². The molecule has 0 amide bonds. The molecule has 0 radical (unpaired) electrons. The second-order valence-electron chi connectivity index (χ2n) is 11.3. The van der Waals surface area contributed by atoms with Crippen LogP contribution >= 0.6 is 7.26 Å². The van der Waals surface area contributed by atoms with Crippen molar-refractivity contribution in [3.05, 3.63) is 126 Å². The fourth-order valence-electron chi connectivity index (χ4n) is 5.68. The first kappa shape index (κ1) is 26.3. The molecule has 0 saturated heterocycles. The van der Waals surface area contributed by atoms with Crippen molar-refractivity contribution in [1.82, 2.24) is 0 Å². The van der Waals surface area contributed by atoms with Crippen molar-refractivity contribution in [2.45, 2.75) is 53.0 Å². The average Bonchev–Trinajstić information content (AvgIpc) is 2.89. The standard InChI is InChI=1S/C34H42NP/c1-27(21-22-32-28(2)34(5,35)25-24-33(32,3)4)23-26-36(29-15-9-6-10-16-29,30-17-11-7-12-18-30)31-19-13-8-14-20-31/h6-23,36H,24-26,35H2,1-5H3/b22-21+,27-23+. The zero-order valence-corrected chi connectivity index (χ0v) is 23.6. The number of hydrogen-bond acceptors (Lipinski definition) is 1. The predicted molar refractivity (Wildman–Crippen MR) is 163 cm³/mol. The van der Waals surface area contributed by atoms with Gasteiger partial charge in [0.1, 0.15) is 0 Å². The maximum atomic E-state index is 6.65. The summed E-state index contributed by atoms with van der Waals surface area (Å²) in [5, 5.41) is 4.34. The van der Waals surface area contributed by atoms with Gasteiger partial charge < -0.3 is 0 Å². The number of hydrogen-bond donors (Lipinski definition) is 1. The minimum atomic E-state index is -2.26. The molecule has 0 spiro atoms. The van der Waals surface area contributed by atoms with Crippen LogP contribution in [0.1, 0.15) is 47.5 Å². The molecule has 4 rings (SSSR count). The molecule has 0 bridgehead atoms. The second-order valence-corrected chi connectivity index (χ2v) is 15.3. The molecule has 1 aliphatic carbocycles. The summed E-state index contributed by atoms with van der Waals surface area (Å²) in [5.41, 5.74) is 10.6. The van der Waals surface area contributed by atoms with Crippen LogP contribution in [0, 0.1) is 5.41 Å². The van der Waals surface area contributed by atoms with E-state index in [0.29, 0.717) is 0 Å². The van der Waals surface area contributed by atoms with Crippen molar-refractivity contribution in [1.29, 1.82) is 0 Å². The molecule has 1 unspecified atom stereocenters. The Kier molecular flexibility index (Phi) is 7.84. The number of nitrogens with two attached hydrogens (primary N) is 1. The summed E-state index contributed by atoms with van der Waals surface area (Å²) >= 11 is 0. The number of rotatable bonds is 7. The van der Waals surface area contributed by atoms with Gasteiger partial charge in [-0.3, -0.25) is 0 Å². The Labute approximate surface area is 219 Å². The van der Waals surface area contributed by atoms with Crippen LogP contribution in [0.25, 0.3) is 0 Å². The van der Waals surface area contributed by atoms with E-state index >= 15 is 0 Å². The van der Waals surface area contributed by atoms with Gasteiger partial charge in [0.2, 0.25) is 0 Å². The minimum absolute atomic E-state index is 0.149. The van der Waals surface area contributed by atoms with Gasteiger partial charge in [-0.2, -0.15) is 0 Å². The van der Waals surface area contributed by atoms with E-state index in [2.05, 4.69) is 144 Å². The van der Waals surface area contributed by atoms with Crippen LogP contribution in [0.5, 0.6) is 0 Å². The third-order valence-electron chi connectivity index (χ3n) is 8.30. The Balaban J connectivity index is 1.78. The molecule has 3 aromatic carbocycles. The van der Waals surface area contributed by atoms with Crippen LogP contribution in [0.4, 0.5) is 0 Å². The number of benzene rings is 3. The van der Waals surface area contributed by atoms with Crippen molar-refractivity contribution in [3.63, 3.8) is 0 Å². The molecule has 1 aliphatic rings. The van der Waals surface area contributed by atoms with Crippen molar-refractivity contribution < 1.29 is 0 Å². The molecule has 2 heteroatoms. The van der Waals surface area contributed by atoms with E-state index in [-0.39, 0.29) is 11.0 Å². The molecule has 0 heterocycles. The average molecular weight is 496 g/mol. The molecule has 0 aromatic heterocycles. The summed E-state index contributed by atoms with van der Waals surface area (Å²) in [6, 6.07) is 33.4. The van der Waals surface area contributed by atoms with Gasteiger partial charge in [-0.1, -0.05) is 0 Å². The summed E-state index contributed by atoms with van der Waals surface area (Å²) in [6.45, 7) is 11.3. The molecule has 0 saturated carbocycles. The van der Waals surface area contributed by atoms with E-state index in [1.807, 2.05) is 0 Å². The Morgan fingerprint density at radius 3 is 1.67 bits per heavy atom. The first-order chi connectivity index (χ1) is 17.2. The van der Waals surface area contributed by atoms with E-state index in [1.165, 1.54) is 32.6 Å². The SMILES string of the molecule is CC1=C(/C=C/C(C)=C/C[PH](c2ccccc2)(c2ccccc2)c2ccccc2)C(C)(C)CCC1(C)N. The third kappa shape index (κ3) is 5.34. The van der Waals surface area contributed by atoms with E-state index in [9.17, 15) is 0 Å². The molecule has 3 aromatic rings. The van der Waals surface area contributed by atoms with Crippen LogP contribution in [0.3, 0.4) is 0 Å². The van der Waals surface area contributed by atoms with Gasteiger partial charge in [0.15, 0.2) is 0 Å². The van der Waals surface area contributed by atoms with E-state index < -0.39 is 7.26 Å². The zero-order chi connectivity index (χ0) is 25.8. The molecule has 2 N–H and O–H groups in total. The van der Waals surface area contributed by atoms with Crippen LogP contribution in [0.2, 0.25) is 0 Å². The molecular formula is C34H42NP. The van der Waals surface area contributed by atoms with Crippen molar-refractivity contribution in [3.8, 4) is 0 Å². The maximum absolute atomic E-state index is 6.65. The molecule has 188 valence electrons. The van der Waals surface area contributed by atoms with Crippen LogP contribution in [-0.4, -0.2) is 11.7 Å². The van der Waals surface area contributed by atoms with Gasteiger partial charge in [0, 0.05) is 0 Å². The predicted octanol–water partition coefficient (Wildman–Crippen LogP) is 7.07. The first-order valence-electron chi connectivity index (χ1n) is 13.2. The molecular weight excluding hydrogens is 453 g/mol. The second kappa shape index (κ2) is 10.7. The van der Waals surface area contributed by atoms with Gasteiger partial charge >= 0.3 is 219 Å². The fraction of sp³-hybridized carbons (Fsp3) is 0.294. The Morgan fingerprint density at radius 2 is 1.22 bits per heavy atom. The Hall–Kier alpha value is -2.73. The fourth-order valence-corrected chi connectivity index (χ4v) is 10.3. The van der Waals surface area contributed by atoms with E-state index in [4.69, 9.17) is 5.73 Å². The number of allylic oxidation sites excluding steroid dienone is 5. The van der Waals surface area contributed by atoms with Gasteiger partial charge in [-0.25, -0.2) is 0 Å². The molecule has 1 atom stereocenters. The quantitative estimate of drug-likeness (QED) is 0.275. The molecule has 1 nitrogen and oxygen atoms in total. The van der Waals surface area contributed by atoms with E-state index in [0.717, 1.165) is 19.0 Å². The van der Waals surface area contributed by atoms with Crippen molar-refractivity contribution >= 4 is 23.2 Å². The summed E-state index contributed by atoms with van der Waals surface area (Å²) < 4.78 is 0. The first-order valence-corrected chi connectivity index (χ1v) is 15.4. The monoisotopic (exact) mass is 495 g/mol. The third-order valence-corrected chi connectivity index (χ3v) is 13.1. The van der Waals surface area contributed by atoms with Crippen LogP contribution in [0.15, 0.2) is 126 Å². The topological polar surface area (TPSA) is 26.0 Å². The molecule has 0 aliphatic heterocycles. The Bertz CT molecular complexity index is 1150. The van der Waals surface area contributed by atoms with Gasteiger partial charge in [0.25, 0.3) is 0 Å². The molecule has 0 fully saturated rings. The van der Waals surface area contributed by atoms with Gasteiger partial charge in [-0.15, -0.1) is 0 Å². The van der Waals surface area contributed by atoms with Crippen LogP contribution in [-0.2, 0) is 0 Å². The summed E-state index contributed by atoms with van der Waals surface area (Å²) in [6.07, 6.45) is 10.3. The summed E-state index contributed by atoms with van der Waals surface area (Å²) in [4.78, 5) is 0. The van der Waals surface area contributed by atoms with Crippen molar-refractivity contribution in [2.75, 3.05) is 6.16 Å². The normalized spacial score (nSPS) is 21.1. The van der Waals surface area contributed by atoms with Gasteiger partial charge in [-0.05, 0) is 0 Å². The Morgan fingerprint density at radius 1 is 0.778 bits per heavy atom.